The van der Waals surface area contributed by atoms with E-state index in [0.717, 1.165) is 22.8 Å². The fourth-order valence-electron chi connectivity index (χ4n) is 2.63. The zero-order valence-corrected chi connectivity index (χ0v) is 14.6. The minimum absolute atomic E-state index is 0.124. The SMILES string of the molecule is Cc1nc(NC2CCS(=O)(=O)C2)nc(NCc2ccccn2)c1C. The molecule has 0 bridgehead atoms. The van der Waals surface area contributed by atoms with Gasteiger partial charge in [0.25, 0.3) is 0 Å². The van der Waals surface area contributed by atoms with Gasteiger partial charge in [-0.15, -0.1) is 0 Å². The lowest BCUT2D eigenvalue weighted by atomic mass is 10.2. The molecule has 2 N–H and O–H groups in total. The van der Waals surface area contributed by atoms with Crippen LogP contribution >= 0.6 is 0 Å². The summed E-state index contributed by atoms with van der Waals surface area (Å²) in [4.78, 5) is 13.2. The van der Waals surface area contributed by atoms with Crippen LogP contribution in [-0.2, 0) is 16.4 Å². The van der Waals surface area contributed by atoms with Crippen LogP contribution in [0.4, 0.5) is 11.8 Å². The van der Waals surface area contributed by atoms with Crippen LogP contribution in [0.25, 0.3) is 0 Å². The first-order valence-electron chi connectivity index (χ1n) is 7.89. The van der Waals surface area contributed by atoms with Crippen molar-refractivity contribution < 1.29 is 8.42 Å². The largest absolute Gasteiger partial charge is 0.364 e. The monoisotopic (exact) mass is 347 g/mol. The number of rotatable bonds is 5. The zero-order chi connectivity index (χ0) is 17.2. The molecule has 0 radical (unpaired) electrons. The van der Waals surface area contributed by atoms with Crippen molar-refractivity contribution in [3.8, 4) is 0 Å². The number of hydrogen-bond donors (Lipinski definition) is 2. The summed E-state index contributed by atoms with van der Waals surface area (Å²) in [5, 5.41) is 6.43. The Morgan fingerprint density at radius 3 is 2.75 bits per heavy atom. The molecule has 3 rings (SSSR count). The first-order chi connectivity index (χ1) is 11.4. The molecule has 0 aliphatic carbocycles. The van der Waals surface area contributed by atoms with Crippen LogP contribution in [0.3, 0.4) is 0 Å². The highest BCUT2D eigenvalue weighted by Crippen LogP contribution is 2.20. The van der Waals surface area contributed by atoms with Crippen molar-refractivity contribution in [2.24, 2.45) is 0 Å². The van der Waals surface area contributed by atoms with Crippen LogP contribution in [0.1, 0.15) is 23.4 Å². The van der Waals surface area contributed by atoms with E-state index in [1.54, 1.807) is 6.20 Å². The van der Waals surface area contributed by atoms with Gasteiger partial charge in [0, 0.05) is 23.5 Å². The van der Waals surface area contributed by atoms with Crippen LogP contribution in [0.15, 0.2) is 24.4 Å². The zero-order valence-electron chi connectivity index (χ0n) is 13.8. The first kappa shape index (κ1) is 16.6. The van der Waals surface area contributed by atoms with E-state index in [1.165, 1.54) is 0 Å². The van der Waals surface area contributed by atoms with Crippen LogP contribution in [0.2, 0.25) is 0 Å². The summed E-state index contributed by atoms with van der Waals surface area (Å²) < 4.78 is 23.2. The average Bonchev–Trinajstić information content (AvgIpc) is 2.89. The third-order valence-electron chi connectivity index (χ3n) is 4.12. The topological polar surface area (TPSA) is 96.9 Å². The Kier molecular flexibility index (Phi) is 4.66. The lowest BCUT2D eigenvalue weighted by Gasteiger charge is -2.15. The van der Waals surface area contributed by atoms with E-state index < -0.39 is 9.84 Å². The second-order valence-electron chi connectivity index (χ2n) is 6.03. The highest BCUT2D eigenvalue weighted by molar-refractivity contribution is 7.91. The van der Waals surface area contributed by atoms with E-state index in [0.29, 0.717) is 18.9 Å². The standard InChI is InChI=1S/C16H21N5O2S/c1-11-12(2)19-16(20-14-6-8-24(22,23)10-14)21-15(11)18-9-13-5-3-4-7-17-13/h3-5,7,14H,6,8-10H2,1-2H3,(H2,18,19,20,21). The van der Waals surface area contributed by atoms with Crippen molar-refractivity contribution in [2.75, 3.05) is 22.1 Å². The number of aryl methyl sites for hydroxylation is 1. The van der Waals surface area contributed by atoms with Gasteiger partial charge >= 0.3 is 0 Å². The van der Waals surface area contributed by atoms with E-state index in [9.17, 15) is 8.42 Å². The Hall–Kier alpha value is -2.22. The molecule has 3 heterocycles. The minimum Gasteiger partial charge on any atom is -0.364 e. The number of aromatic nitrogens is 3. The summed E-state index contributed by atoms with van der Waals surface area (Å²) in [6.45, 7) is 4.44. The molecule has 128 valence electrons. The number of nitrogens with one attached hydrogen (secondary N) is 2. The summed E-state index contributed by atoms with van der Waals surface area (Å²) in [6.07, 6.45) is 2.35. The van der Waals surface area contributed by atoms with Crippen molar-refractivity contribution in [2.45, 2.75) is 32.9 Å². The van der Waals surface area contributed by atoms with Gasteiger partial charge < -0.3 is 10.6 Å². The van der Waals surface area contributed by atoms with E-state index in [2.05, 4.69) is 25.6 Å². The molecule has 0 aromatic carbocycles. The fraction of sp³-hybridized carbons (Fsp3) is 0.438. The van der Waals surface area contributed by atoms with E-state index >= 15 is 0 Å². The molecule has 1 atom stereocenters. The number of nitrogens with zero attached hydrogens (tertiary/aromatic N) is 3. The Labute approximate surface area is 141 Å². The molecule has 2 aromatic rings. The van der Waals surface area contributed by atoms with Crippen molar-refractivity contribution in [1.82, 2.24) is 15.0 Å². The molecule has 2 aromatic heterocycles. The number of pyridine rings is 1. The maximum absolute atomic E-state index is 11.6. The number of anilines is 2. The van der Waals surface area contributed by atoms with E-state index in [4.69, 9.17) is 0 Å². The Morgan fingerprint density at radius 1 is 1.25 bits per heavy atom. The van der Waals surface area contributed by atoms with E-state index in [1.807, 2.05) is 32.0 Å². The smallest absolute Gasteiger partial charge is 0.225 e. The van der Waals surface area contributed by atoms with Gasteiger partial charge in [0.05, 0.1) is 23.7 Å². The molecule has 8 heteroatoms. The lowest BCUT2D eigenvalue weighted by molar-refractivity contribution is 0.602. The lowest BCUT2D eigenvalue weighted by Crippen LogP contribution is -2.22. The van der Waals surface area contributed by atoms with Crippen LogP contribution in [0.5, 0.6) is 0 Å². The van der Waals surface area contributed by atoms with Gasteiger partial charge in [0.15, 0.2) is 9.84 Å². The molecule has 1 saturated heterocycles. The summed E-state index contributed by atoms with van der Waals surface area (Å²) in [6, 6.07) is 5.64. The molecule has 1 aliphatic rings. The maximum atomic E-state index is 11.6. The van der Waals surface area contributed by atoms with Gasteiger partial charge in [0.2, 0.25) is 5.95 Å². The summed E-state index contributed by atoms with van der Waals surface area (Å²) in [5.74, 6) is 1.56. The predicted octanol–water partition coefficient (Wildman–Crippen LogP) is 1.70. The molecule has 1 aliphatic heterocycles. The predicted molar refractivity (Wildman–Crippen MR) is 93.8 cm³/mol. The molecule has 0 saturated carbocycles. The molecular weight excluding hydrogens is 326 g/mol. The minimum atomic E-state index is -2.93. The molecule has 0 amide bonds. The van der Waals surface area contributed by atoms with Gasteiger partial charge in [-0.1, -0.05) is 6.07 Å². The molecular formula is C16H21N5O2S. The van der Waals surface area contributed by atoms with Crippen LogP contribution in [0, 0.1) is 13.8 Å². The van der Waals surface area contributed by atoms with Crippen LogP contribution < -0.4 is 10.6 Å². The van der Waals surface area contributed by atoms with Crippen molar-refractivity contribution in [1.29, 1.82) is 0 Å². The van der Waals surface area contributed by atoms with Gasteiger partial charge in [-0.05, 0) is 32.4 Å². The van der Waals surface area contributed by atoms with E-state index in [-0.39, 0.29) is 17.5 Å². The molecule has 24 heavy (non-hydrogen) atoms. The maximum Gasteiger partial charge on any atom is 0.225 e. The van der Waals surface area contributed by atoms with Crippen molar-refractivity contribution >= 4 is 21.6 Å². The van der Waals surface area contributed by atoms with Gasteiger partial charge in [0.1, 0.15) is 5.82 Å². The summed E-state index contributed by atoms with van der Waals surface area (Å²) in [5.41, 5.74) is 2.75. The normalized spacial score (nSPS) is 19.2. The van der Waals surface area contributed by atoms with Crippen molar-refractivity contribution in [3.05, 3.63) is 41.3 Å². The number of sulfone groups is 1. The Balaban J connectivity index is 1.73. The molecule has 7 nitrogen and oxygen atoms in total. The van der Waals surface area contributed by atoms with Gasteiger partial charge in [-0.3, -0.25) is 4.98 Å². The third-order valence-corrected chi connectivity index (χ3v) is 5.89. The second kappa shape index (κ2) is 6.72. The Bertz CT molecular complexity index is 824. The number of hydrogen-bond acceptors (Lipinski definition) is 7. The van der Waals surface area contributed by atoms with Gasteiger partial charge in [-0.2, -0.15) is 4.98 Å². The molecule has 1 fully saturated rings. The fourth-order valence-corrected chi connectivity index (χ4v) is 4.31. The third kappa shape index (κ3) is 4.00. The van der Waals surface area contributed by atoms with Crippen LogP contribution in [-0.4, -0.2) is 40.9 Å². The summed E-state index contributed by atoms with van der Waals surface area (Å²) >= 11 is 0. The van der Waals surface area contributed by atoms with Crippen molar-refractivity contribution in [3.63, 3.8) is 0 Å². The Morgan fingerprint density at radius 2 is 2.08 bits per heavy atom. The quantitative estimate of drug-likeness (QED) is 0.849. The molecule has 1 unspecified atom stereocenters. The highest BCUT2D eigenvalue weighted by atomic mass is 32.2. The second-order valence-corrected chi connectivity index (χ2v) is 8.25. The summed E-state index contributed by atoms with van der Waals surface area (Å²) in [7, 11) is -2.93. The molecule has 0 spiro atoms. The average molecular weight is 347 g/mol. The van der Waals surface area contributed by atoms with Gasteiger partial charge in [-0.25, -0.2) is 13.4 Å². The highest BCUT2D eigenvalue weighted by Gasteiger charge is 2.28. The first-order valence-corrected chi connectivity index (χ1v) is 9.71.